The number of benzene rings is 1. The topological polar surface area (TPSA) is 49.3 Å². The molecule has 0 aliphatic carbocycles. The molecular formula is C13H16BrNO2S. The van der Waals surface area contributed by atoms with Crippen molar-refractivity contribution in [3.05, 3.63) is 28.2 Å². The first-order valence-electron chi connectivity index (χ1n) is 5.91. The van der Waals surface area contributed by atoms with Gasteiger partial charge < -0.3 is 10.4 Å². The van der Waals surface area contributed by atoms with Crippen LogP contribution in [0.15, 0.2) is 22.7 Å². The van der Waals surface area contributed by atoms with Crippen LogP contribution in [0.5, 0.6) is 0 Å². The van der Waals surface area contributed by atoms with E-state index in [1.165, 1.54) is 18.6 Å². The number of halogens is 1. The summed E-state index contributed by atoms with van der Waals surface area (Å²) in [4.78, 5) is 11.2. The van der Waals surface area contributed by atoms with Crippen molar-refractivity contribution < 1.29 is 9.90 Å². The predicted octanol–water partition coefficient (Wildman–Crippen LogP) is 3.84. The maximum absolute atomic E-state index is 11.2. The molecule has 0 spiro atoms. The van der Waals surface area contributed by atoms with E-state index >= 15 is 0 Å². The van der Waals surface area contributed by atoms with E-state index in [4.69, 9.17) is 0 Å². The fourth-order valence-electron chi connectivity index (χ4n) is 2.15. The monoisotopic (exact) mass is 329 g/mol. The largest absolute Gasteiger partial charge is 0.478 e. The van der Waals surface area contributed by atoms with Gasteiger partial charge in [-0.05, 0) is 53.6 Å². The van der Waals surface area contributed by atoms with Crippen LogP contribution in [0.25, 0.3) is 0 Å². The molecule has 1 aromatic carbocycles. The first-order chi connectivity index (χ1) is 8.52. The normalized spacial score (nSPS) is 23.0. The van der Waals surface area contributed by atoms with Crippen LogP contribution >= 0.6 is 27.7 Å². The van der Waals surface area contributed by atoms with E-state index < -0.39 is 5.97 Å². The van der Waals surface area contributed by atoms with Crippen molar-refractivity contribution in [3.63, 3.8) is 0 Å². The van der Waals surface area contributed by atoms with Crippen molar-refractivity contribution in [2.24, 2.45) is 0 Å². The number of hydrogen-bond acceptors (Lipinski definition) is 3. The number of rotatable bonds is 4. The first kappa shape index (κ1) is 13.7. The molecule has 1 fully saturated rings. The smallest absolute Gasteiger partial charge is 0.338 e. The zero-order chi connectivity index (χ0) is 13.2. The third-order valence-electron chi connectivity index (χ3n) is 3.18. The van der Waals surface area contributed by atoms with Crippen molar-refractivity contribution >= 4 is 39.3 Å². The van der Waals surface area contributed by atoms with Gasteiger partial charge in [0.15, 0.2) is 0 Å². The number of hydrogen-bond donors (Lipinski definition) is 2. The number of nitrogens with one attached hydrogen (secondary N) is 1. The summed E-state index contributed by atoms with van der Waals surface area (Å²) in [6, 6.07) is 5.42. The highest BCUT2D eigenvalue weighted by atomic mass is 79.9. The average Bonchev–Trinajstić information content (AvgIpc) is 2.73. The fourth-order valence-corrected chi connectivity index (χ4v) is 3.93. The van der Waals surface area contributed by atoms with Crippen LogP contribution in [-0.4, -0.2) is 28.1 Å². The molecule has 0 saturated carbocycles. The summed E-state index contributed by atoms with van der Waals surface area (Å²) < 4.78 is 0.835. The summed E-state index contributed by atoms with van der Waals surface area (Å²) in [6.45, 7) is 3.03. The molecule has 18 heavy (non-hydrogen) atoms. The molecule has 3 nitrogen and oxygen atoms in total. The molecule has 1 unspecified atom stereocenters. The lowest BCUT2D eigenvalue weighted by Crippen LogP contribution is -2.27. The second-order valence-electron chi connectivity index (χ2n) is 4.72. The highest BCUT2D eigenvalue weighted by Crippen LogP contribution is 2.38. The van der Waals surface area contributed by atoms with E-state index in [1.807, 2.05) is 23.9 Å². The van der Waals surface area contributed by atoms with Gasteiger partial charge in [0, 0.05) is 21.5 Å². The lowest BCUT2D eigenvalue weighted by Gasteiger charge is -2.24. The Morgan fingerprint density at radius 3 is 3.00 bits per heavy atom. The number of carboxylic acids is 1. The molecule has 5 heteroatoms. The van der Waals surface area contributed by atoms with E-state index in [1.54, 1.807) is 6.07 Å². The number of thioether (sulfide) groups is 1. The van der Waals surface area contributed by atoms with Gasteiger partial charge in [-0.25, -0.2) is 4.79 Å². The Hall–Kier alpha value is -0.680. The van der Waals surface area contributed by atoms with Crippen molar-refractivity contribution in [2.45, 2.75) is 24.5 Å². The molecule has 2 rings (SSSR count). The van der Waals surface area contributed by atoms with Crippen LogP contribution < -0.4 is 5.32 Å². The zero-order valence-corrected chi connectivity index (χ0v) is 12.6. The Labute approximate surface area is 119 Å². The molecule has 1 saturated heterocycles. The highest BCUT2D eigenvalue weighted by molar-refractivity contribution is 9.10. The number of carboxylic acid groups (broad SMARTS) is 1. The fraction of sp³-hybridized carbons (Fsp3) is 0.462. The molecule has 1 aliphatic heterocycles. The number of anilines is 1. The maximum Gasteiger partial charge on any atom is 0.338 e. The minimum atomic E-state index is -0.908. The molecule has 1 atom stereocenters. The summed E-state index contributed by atoms with van der Waals surface area (Å²) in [5.74, 6) is 0.289. The van der Waals surface area contributed by atoms with Gasteiger partial charge >= 0.3 is 5.97 Å². The Kier molecular flexibility index (Phi) is 4.22. The SMILES string of the molecule is CC1(CNc2cccc(Br)c2C(=O)O)CCCS1. The van der Waals surface area contributed by atoms with Gasteiger partial charge in [0.25, 0.3) is 0 Å². The second-order valence-corrected chi connectivity index (χ2v) is 7.26. The van der Waals surface area contributed by atoms with Gasteiger partial charge in [0.2, 0.25) is 0 Å². The van der Waals surface area contributed by atoms with Gasteiger partial charge in [0.1, 0.15) is 0 Å². The lowest BCUT2D eigenvalue weighted by atomic mass is 10.1. The van der Waals surface area contributed by atoms with Gasteiger partial charge in [-0.1, -0.05) is 6.07 Å². The van der Waals surface area contributed by atoms with E-state index in [9.17, 15) is 9.90 Å². The van der Waals surface area contributed by atoms with Crippen LogP contribution in [0.3, 0.4) is 0 Å². The molecule has 2 N–H and O–H groups in total. The average molecular weight is 330 g/mol. The Bertz CT molecular complexity index is 458. The predicted molar refractivity (Wildman–Crippen MR) is 79.7 cm³/mol. The molecule has 0 amide bonds. The first-order valence-corrected chi connectivity index (χ1v) is 7.69. The Balaban J connectivity index is 2.14. The van der Waals surface area contributed by atoms with E-state index in [2.05, 4.69) is 28.2 Å². The second kappa shape index (κ2) is 5.53. The zero-order valence-electron chi connectivity index (χ0n) is 10.2. The third kappa shape index (κ3) is 3.01. The third-order valence-corrected chi connectivity index (χ3v) is 5.38. The minimum Gasteiger partial charge on any atom is -0.478 e. The molecule has 0 radical (unpaired) electrons. The molecule has 1 heterocycles. The van der Waals surface area contributed by atoms with Crippen molar-refractivity contribution in [1.29, 1.82) is 0 Å². The van der Waals surface area contributed by atoms with E-state index in [-0.39, 0.29) is 4.75 Å². The molecule has 1 aromatic rings. The van der Waals surface area contributed by atoms with Crippen molar-refractivity contribution in [2.75, 3.05) is 17.6 Å². The molecule has 0 aromatic heterocycles. The summed E-state index contributed by atoms with van der Waals surface area (Å²) in [5.41, 5.74) is 0.995. The maximum atomic E-state index is 11.2. The summed E-state index contributed by atoms with van der Waals surface area (Å²) in [6.07, 6.45) is 2.42. The van der Waals surface area contributed by atoms with E-state index in [0.29, 0.717) is 15.7 Å². The lowest BCUT2D eigenvalue weighted by molar-refractivity contribution is 0.0697. The summed E-state index contributed by atoms with van der Waals surface area (Å²) in [7, 11) is 0. The molecule has 1 aliphatic rings. The highest BCUT2D eigenvalue weighted by Gasteiger charge is 2.29. The van der Waals surface area contributed by atoms with Gasteiger partial charge in [-0.3, -0.25) is 0 Å². The molecule has 0 bridgehead atoms. The standard InChI is InChI=1S/C13H16BrNO2S/c1-13(6-3-7-18-13)8-15-10-5-2-4-9(14)11(10)12(16)17/h2,4-5,15H,3,6-8H2,1H3,(H,16,17). The number of aromatic carboxylic acids is 1. The van der Waals surface area contributed by atoms with Crippen LogP contribution in [0, 0.1) is 0 Å². The number of carbonyl (C=O) groups is 1. The summed E-state index contributed by atoms with van der Waals surface area (Å²) >= 11 is 5.25. The molecular weight excluding hydrogens is 314 g/mol. The van der Waals surface area contributed by atoms with Gasteiger partial charge in [-0.15, -0.1) is 0 Å². The van der Waals surface area contributed by atoms with Crippen LogP contribution in [0.1, 0.15) is 30.1 Å². The van der Waals surface area contributed by atoms with Crippen LogP contribution in [0.2, 0.25) is 0 Å². The minimum absolute atomic E-state index is 0.220. The van der Waals surface area contributed by atoms with Crippen LogP contribution in [0.4, 0.5) is 5.69 Å². The Morgan fingerprint density at radius 2 is 2.39 bits per heavy atom. The molecule has 98 valence electrons. The van der Waals surface area contributed by atoms with Crippen molar-refractivity contribution in [1.82, 2.24) is 0 Å². The van der Waals surface area contributed by atoms with Gasteiger partial charge in [0.05, 0.1) is 5.56 Å². The summed E-state index contributed by atoms with van der Waals surface area (Å²) in [5, 5.41) is 12.5. The van der Waals surface area contributed by atoms with Crippen molar-refractivity contribution in [3.8, 4) is 0 Å². The van der Waals surface area contributed by atoms with E-state index in [0.717, 1.165) is 6.54 Å². The Morgan fingerprint density at radius 1 is 1.61 bits per heavy atom. The van der Waals surface area contributed by atoms with Gasteiger partial charge in [-0.2, -0.15) is 11.8 Å². The quantitative estimate of drug-likeness (QED) is 0.880. The van der Waals surface area contributed by atoms with Crippen LogP contribution in [-0.2, 0) is 0 Å².